The monoisotopic (exact) mass is 232 g/mol. The van der Waals surface area contributed by atoms with Crippen LogP contribution in [0.15, 0.2) is 18.2 Å². The second-order valence-corrected chi connectivity index (χ2v) is 5.65. The molecule has 3 heteroatoms. The van der Waals surface area contributed by atoms with E-state index in [4.69, 9.17) is 0 Å². The third-order valence-electron chi connectivity index (χ3n) is 4.50. The molecule has 1 N–H and O–H groups in total. The molecule has 3 nitrogen and oxygen atoms in total. The van der Waals surface area contributed by atoms with E-state index in [2.05, 4.69) is 16.9 Å². The van der Waals surface area contributed by atoms with Gasteiger partial charge in [-0.2, -0.15) is 0 Å². The van der Waals surface area contributed by atoms with Gasteiger partial charge >= 0.3 is 0 Å². The van der Waals surface area contributed by atoms with Gasteiger partial charge in [-0.05, 0) is 51.8 Å². The number of hydrogen-bond donors (Lipinski definition) is 1. The standard InChI is InChI=1S/C14H20N2O/c1-10-4-3-5-13(15-10)14(17)8-11-6-7-12(9-14)16(11)2/h3-5,11-12,17H,6-9H2,1-2H3. The molecule has 3 heterocycles. The SMILES string of the molecule is Cc1cccc(C2(O)CC3CCC(C2)N3C)n1. The molecule has 2 aliphatic heterocycles. The summed E-state index contributed by atoms with van der Waals surface area (Å²) in [5.74, 6) is 0. The Morgan fingerprint density at radius 1 is 1.29 bits per heavy atom. The Labute approximate surface area is 102 Å². The Bertz CT molecular complexity index is 418. The fourth-order valence-corrected chi connectivity index (χ4v) is 3.46. The lowest BCUT2D eigenvalue weighted by Crippen LogP contribution is -2.48. The summed E-state index contributed by atoms with van der Waals surface area (Å²) >= 11 is 0. The highest BCUT2D eigenvalue weighted by Crippen LogP contribution is 2.44. The van der Waals surface area contributed by atoms with Crippen LogP contribution in [0.25, 0.3) is 0 Å². The van der Waals surface area contributed by atoms with E-state index < -0.39 is 5.60 Å². The number of nitrogens with zero attached hydrogens (tertiary/aromatic N) is 2. The van der Waals surface area contributed by atoms with Gasteiger partial charge in [0.25, 0.3) is 0 Å². The highest BCUT2D eigenvalue weighted by molar-refractivity contribution is 5.19. The molecule has 2 bridgehead atoms. The third-order valence-corrected chi connectivity index (χ3v) is 4.50. The summed E-state index contributed by atoms with van der Waals surface area (Å²) in [4.78, 5) is 6.96. The predicted octanol–water partition coefficient (Wildman–Crippen LogP) is 1.83. The van der Waals surface area contributed by atoms with Crippen LogP contribution in [-0.2, 0) is 5.60 Å². The number of fused-ring (bicyclic) bond motifs is 2. The first-order valence-electron chi connectivity index (χ1n) is 6.47. The summed E-state index contributed by atoms with van der Waals surface area (Å²) in [5.41, 5.74) is 1.15. The summed E-state index contributed by atoms with van der Waals surface area (Å²) in [6.07, 6.45) is 4.09. The Morgan fingerprint density at radius 3 is 2.53 bits per heavy atom. The average molecular weight is 232 g/mol. The molecule has 2 saturated heterocycles. The van der Waals surface area contributed by atoms with Crippen molar-refractivity contribution in [1.82, 2.24) is 9.88 Å². The minimum Gasteiger partial charge on any atom is -0.383 e. The molecule has 2 fully saturated rings. The van der Waals surface area contributed by atoms with Gasteiger partial charge in [0.2, 0.25) is 0 Å². The van der Waals surface area contributed by atoms with Crippen molar-refractivity contribution in [2.45, 2.75) is 50.3 Å². The molecule has 3 rings (SSSR count). The molecule has 2 unspecified atom stereocenters. The zero-order chi connectivity index (χ0) is 12.0. The molecule has 17 heavy (non-hydrogen) atoms. The van der Waals surface area contributed by atoms with Crippen LogP contribution in [0, 0.1) is 6.92 Å². The van der Waals surface area contributed by atoms with Gasteiger partial charge in [-0.15, -0.1) is 0 Å². The molecule has 0 spiro atoms. The molecule has 92 valence electrons. The zero-order valence-electron chi connectivity index (χ0n) is 10.6. The number of rotatable bonds is 1. The van der Waals surface area contributed by atoms with Crippen molar-refractivity contribution in [3.05, 3.63) is 29.6 Å². The largest absolute Gasteiger partial charge is 0.383 e. The smallest absolute Gasteiger partial charge is 0.109 e. The third kappa shape index (κ3) is 1.78. The van der Waals surface area contributed by atoms with Crippen molar-refractivity contribution in [3.8, 4) is 0 Å². The van der Waals surface area contributed by atoms with Gasteiger partial charge in [-0.1, -0.05) is 6.07 Å². The molecular formula is C14H20N2O. The summed E-state index contributed by atoms with van der Waals surface area (Å²) in [6, 6.07) is 7.01. The Morgan fingerprint density at radius 2 is 1.94 bits per heavy atom. The number of hydrogen-bond acceptors (Lipinski definition) is 3. The highest BCUT2D eigenvalue weighted by atomic mass is 16.3. The van der Waals surface area contributed by atoms with Crippen molar-refractivity contribution in [3.63, 3.8) is 0 Å². The number of aromatic nitrogens is 1. The Kier molecular flexibility index (Phi) is 2.49. The van der Waals surface area contributed by atoms with Crippen LogP contribution in [0.2, 0.25) is 0 Å². The lowest BCUT2D eigenvalue weighted by Gasteiger charge is -2.41. The number of aryl methyl sites for hydroxylation is 1. The van der Waals surface area contributed by atoms with E-state index in [0.717, 1.165) is 24.2 Å². The molecule has 0 amide bonds. The first-order chi connectivity index (χ1) is 8.08. The van der Waals surface area contributed by atoms with Crippen molar-refractivity contribution in [1.29, 1.82) is 0 Å². The second kappa shape index (κ2) is 3.79. The molecule has 2 aliphatic rings. The predicted molar refractivity (Wildman–Crippen MR) is 66.7 cm³/mol. The van der Waals surface area contributed by atoms with Gasteiger partial charge in [0, 0.05) is 17.8 Å². The van der Waals surface area contributed by atoms with Crippen molar-refractivity contribution >= 4 is 0 Å². The molecule has 2 atom stereocenters. The van der Waals surface area contributed by atoms with E-state index in [1.165, 1.54) is 12.8 Å². The minimum atomic E-state index is -0.704. The fraction of sp³-hybridized carbons (Fsp3) is 0.643. The average Bonchev–Trinajstić information content (AvgIpc) is 2.53. The summed E-state index contributed by atoms with van der Waals surface area (Å²) in [6.45, 7) is 1.98. The Balaban J connectivity index is 1.93. The highest BCUT2D eigenvalue weighted by Gasteiger charge is 2.47. The van der Waals surface area contributed by atoms with Crippen LogP contribution in [0.1, 0.15) is 37.1 Å². The van der Waals surface area contributed by atoms with E-state index in [-0.39, 0.29) is 0 Å². The van der Waals surface area contributed by atoms with E-state index in [1.807, 2.05) is 25.1 Å². The maximum Gasteiger partial charge on any atom is 0.109 e. The van der Waals surface area contributed by atoms with Crippen LogP contribution in [0.4, 0.5) is 0 Å². The van der Waals surface area contributed by atoms with Crippen LogP contribution in [-0.4, -0.2) is 34.1 Å². The lowest BCUT2D eigenvalue weighted by atomic mass is 9.83. The second-order valence-electron chi connectivity index (χ2n) is 5.65. The van der Waals surface area contributed by atoms with Crippen molar-refractivity contribution < 1.29 is 5.11 Å². The quantitative estimate of drug-likeness (QED) is 0.802. The molecule has 0 radical (unpaired) electrons. The zero-order valence-corrected chi connectivity index (χ0v) is 10.6. The van der Waals surface area contributed by atoms with Crippen LogP contribution < -0.4 is 0 Å². The lowest BCUT2D eigenvalue weighted by molar-refractivity contribution is -0.0524. The van der Waals surface area contributed by atoms with Crippen LogP contribution >= 0.6 is 0 Å². The van der Waals surface area contributed by atoms with Crippen LogP contribution in [0.5, 0.6) is 0 Å². The minimum absolute atomic E-state index is 0.529. The van der Waals surface area contributed by atoms with Crippen molar-refractivity contribution in [2.75, 3.05) is 7.05 Å². The molecule has 1 aromatic heterocycles. The van der Waals surface area contributed by atoms with Gasteiger partial charge in [0.1, 0.15) is 5.60 Å². The first-order valence-corrected chi connectivity index (χ1v) is 6.47. The normalized spacial score (nSPS) is 37.4. The fourth-order valence-electron chi connectivity index (χ4n) is 3.46. The van der Waals surface area contributed by atoms with Crippen LogP contribution in [0.3, 0.4) is 0 Å². The van der Waals surface area contributed by atoms with Gasteiger partial charge < -0.3 is 10.0 Å². The van der Waals surface area contributed by atoms with Gasteiger partial charge in [-0.3, -0.25) is 4.98 Å². The molecular weight excluding hydrogens is 212 g/mol. The van der Waals surface area contributed by atoms with E-state index in [1.54, 1.807) is 0 Å². The Hall–Kier alpha value is -0.930. The molecule has 0 saturated carbocycles. The van der Waals surface area contributed by atoms with Gasteiger partial charge in [0.05, 0.1) is 5.69 Å². The molecule has 0 aliphatic carbocycles. The van der Waals surface area contributed by atoms with E-state index >= 15 is 0 Å². The van der Waals surface area contributed by atoms with Gasteiger partial charge in [-0.25, -0.2) is 0 Å². The topological polar surface area (TPSA) is 36.4 Å². The van der Waals surface area contributed by atoms with E-state index in [9.17, 15) is 5.11 Å². The molecule has 0 aromatic carbocycles. The number of pyridine rings is 1. The number of piperidine rings is 1. The summed E-state index contributed by atoms with van der Waals surface area (Å²) < 4.78 is 0. The first kappa shape index (κ1) is 11.2. The summed E-state index contributed by atoms with van der Waals surface area (Å²) in [7, 11) is 2.19. The van der Waals surface area contributed by atoms with Crippen molar-refractivity contribution in [2.24, 2.45) is 0 Å². The van der Waals surface area contributed by atoms with E-state index in [0.29, 0.717) is 12.1 Å². The summed E-state index contributed by atoms with van der Waals surface area (Å²) in [5, 5.41) is 10.9. The maximum absolute atomic E-state index is 10.9. The molecule has 1 aromatic rings. The maximum atomic E-state index is 10.9. The number of aliphatic hydroxyl groups is 1. The van der Waals surface area contributed by atoms with Gasteiger partial charge in [0.15, 0.2) is 0 Å².